The predicted molar refractivity (Wildman–Crippen MR) is 102 cm³/mol. The van der Waals surface area contributed by atoms with Gasteiger partial charge < -0.3 is 10.1 Å². The summed E-state index contributed by atoms with van der Waals surface area (Å²) in [5.74, 6) is -0.962. The van der Waals surface area contributed by atoms with E-state index in [4.69, 9.17) is 4.74 Å². The lowest BCUT2D eigenvalue weighted by Crippen LogP contribution is -2.27. The molecule has 0 saturated heterocycles. The summed E-state index contributed by atoms with van der Waals surface area (Å²) < 4.78 is 18.9. The molecule has 2 heterocycles. The molecule has 9 heteroatoms. The highest BCUT2D eigenvalue weighted by atomic mass is 19.1. The van der Waals surface area contributed by atoms with Crippen LogP contribution in [-0.2, 0) is 4.74 Å². The third-order valence-electron chi connectivity index (χ3n) is 3.43. The Morgan fingerprint density at radius 2 is 1.86 bits per heavy atom. The molecule has 0 aliphatic heterocycles. The van der Waals surface area contributed by atoms with Gasteiger partial charge in [-0.1, -0.05) is 6.07 Å². The summed E-state index contributed by atoms with van der Waals surface area (Å²) in [4.78, 5) is 36.2. The molecular weight excluding hydrogens is 365 g/mol. The number of amides is 2. The van der Waals surface area contributed by atoms with E-state index in [1.165, 1.54) is 24.5 Å². The van der Waals surface area contributed by atoms with Gasteiger partial charge in [-0.2, -0.15) is 0 Å². The molecule has 28 heavy (non-hydrogen) atoms. The number of nitrogens with zero attached hydrogens (tertiary/aromatic N) is 3. The maximum Gasteiger partial charge on any atom is 0.413 e. The van der Waals surface area contributed by atoms with Crippen molar-refractivity contribution in [1.82, 2.24) is 15.0 Å². The highest BCUT2D eigenvalue weighted by Crippen LogP contribution is 2.23. The van der Waals surface area contributed by atoms with Gasteiger partial charge in [-0.25, -0.2) is 19.2 Å². The van der Waals surface area contributed by atoms with Gasteiger partial charge in [0.05, 0.1) is 23.6 Å². The number of hydrogen-bond donors (Lipinski definition) is 2. The van der Waals surface area contributed by atoms with Gasteiger partial charge in [-0.3, -0.25) is 15.1 Å². The molecule has 2 amide bonds. The SMILES string of the molecule is CC(C)(C)OC(=O)Nc1cnc(C(=O)Nc2cc(F)cc3cccnc23)cn1. The summed E-state index contributed by atoms with van der Waals surface area (Å²) >= 11 is 0. The van der Waals surface area contributed by atoms with Gasteiger partial charge in [-0.05, 0) is 39.0 Å². The zero-order valence-corrected chi connectivity index (χ0v) is 15.5. The van der Waals surface area contributed by atoms with Crippen LogP contribution in [0.25, 0.3) is 10.9 Å². The van der Waals surface area contributed by atoms with E-state index in [2.05, 4.69) is 25.6 Å². The predicted octanol–water partition coefficient (Wildman–Crippen LogP) is 3.76. The number of carbonyl (C=O) groups excluding carboxylic acids is 2. The smallest absolute Gasteiger partial charge is 0.413 e. The van der Waals surface area contributed by atoms with Gasteiger partial charge in [0.25, 0.3) is 5.91 Å². The van der Waals surface area contributed by atoms with E-state index < -0.39 is 23.4 Å². The normalized spacial score (nSPS) is 11.1. The maximum atomic E-state index is 13.8. The van der Waals surface area contributed by atoms with Crippen LogP contribution < -0.4 is 10.6 Å². The zero-order valence-electron chi connectivity index (χ0n) is 15.5. The largest absolute Gasteiger partial charge is 0.444 e. The number of fused-ring (bicyclic) bond motifs is 1. The molecule has 0 aliphatic carbocycles. The van der Waals surface area contributed by atoms with Crippen LogP contribution in [0.4, 0.5) is 20.7 Å². The van der Waals surface area contributed by atoms with Gasteiger partial charge in [0, 0.05) is 11.6 Å². The monoisotopic (exact) mass is 383 g/mol. The molecule has 3 aromatic rings. The van der Waals surface area contributed by atoms with Crippen LogP contribution in [-0.4, -0.2) is 32.6 Å². The standard InChI is InChI=1S/C19H18FN5O3/c1-19(2,3)28-18(27)25-15-10-22-14(9-23-15)17(26)24-13-8-12(20)7-11-5-4-6-21-16(11)13/h4-10H,1-3H3,(H,24,26)(H,23,25,27). The Labute approximate surface area is 160 Å². The molecular formula is C19H18FN5O3. The Hall–Kier alpha value is -3.62. The molecule has 144 valence electrons. The summed E-state index contributed by atoms with van der Waals surface area (Å²) in [5.41, 5.74) is 0.00824. The lowest BCUT2D eigenvalue weighted by molar-refractivity contribution is 0.0635. The van der Waals surface area contributed by atoms with Gasteiger partial charge in [0.1, 0.15) is 17.1 Å². The molecule has 2 aromatic heterocycles. The number of carbonyl (C=O) groups is 2. The highest BCUT2D eigenvalue weighted by Gasteiger charge is 2.17. The van der Waals surface area contributed by atoms with Crippen molar-refractivity contribution in [1.29, 1.82) is 0 Å². The Morgan fingerprint density at radius 3 is 2.54 bits per heavy atom. The van der Waals surface area contributed by atoms with Crippen LogP contribution in [0.1, 0.15) is 31.3 Å². The van der Waals surface area contributed by atoms with Crippen LogP contribution in [0.3, 0.4) is 0 Å². The summed E-state index contributed by atoms with van der Waals surface area (Å²) in [7, 11) is 0. The molecule has 1 aromatic carbocycles. The third-order valence-corrected chi connectivity index (χ3v) is 3.43. The second-order valence-electron chi connectivity index (χ2n) is 6.90. The minimum Gasteiger partial charge on any atom is -0.444 e. The molecule has 2 N–H and O–H groups in total. The lowest BCUT2D eigenvalue weighted by atomic mass is 10.2. The van der Waals surface area contributed by atoms with Gasteiger partial charge in [0.2, 0.25) is 0 Å². The highest BCUT2D eigenvalue weighted by molar-refractivity contribution is 6.07. The molecule has 0 saturated carbocycles. The van der Waals surface area contributed by atoms with Crippen molar-refractivity contribution in [3.63, 3.8) is 0 Å². The number of rotatable bonds is 3. The molecule has 3 rings (SSSR count). The Bertz CT molecular complexity index is 1030. The molecule has 0 spiro atoms. The Kier molecular flexibility index (Phi) is 5.16. The van der Waals surface area contributed by atoms with Gasteiger partial charge >= 0.3 is 6.09 Å². The van der Waals surface area contributed by atoms with Crippen LogP contribution >= 0.6 is 0 Å². The van der Waals surface area contributed by atoms with E-state index >= 15 is 0 Å². The zero-order chi connectivity index (χ0) is 20.3. The van der Waals surface area contributed by atoms with Crippen molar-refractivity contribution in [2.45, 2.75) is 26.4 Å². The quantitative estimate of drug-likeness (QED) is 0.713. The topological polar surface area (TPSA) is 106 Å². The average molecular weight is 383 g/mol. The third kappa shape index (κ3) is 4.76. The van der Waals surface area contributed by atoms with Crippen LogP contribution in [0.5, 0.6) is 0 Å². The van der Waals surface area contributed by atoms with E-state index in [1.807, 2.05) is 0 Å². The molecule has 0 unspecified atom stereocenters. The lowest BCUT2D eigenvalue weighted by Gasteiger charge is -2.19. The summed E-state index contributed by atoms with van der Waals surface area (Å²) in [6.45, 7) is 5.20. The summed E-state index contributed by atoms with van der Waals surface area (Å²) in [5, 5.41) is 5.55. The molecule has 0 radical (unpaired) electrons. The first-order valence-electron chi connectivity index (χ1n) is 8.39. The van der Waals surface area contributed by atoms with E-state index in [-0.39, 0.29) is 17.2 Å². The molecule has 0 atom stereocenters. The molecule has 8 nitrogen and oxygen atoms in total. The number of halogens is 1. The Morgan fingerprint density at radius 1 is 1.07 bits per heavy atom. The van der Waals surface area contributed by atoms with Crippen LogP contribution in [0.2, 0.25) is 0 Å². The molecule has 0 bridgehead atoms. The Balaban J connectivity index is 1.73. The van der Waals surface area contributed by atoms with E-state index in [0.717, 1.165) is 0 Å². The van der Waals surface area contributed by atoms with Gasteiger partial charge in [0.15, 0.2) is 5.82 Å². The van der Waals surface area contributed by atoms with E-state index in [0.29, 0.717) is 10.9 Å². The minimum atomic E-state index is -0.684. The van der Waals surface area contributed by atoms with Crippen molar-refractivity contribution in [3.05, 3.63) is 54.4 Å². The van der Waals surface area contributed by atoms with Crippen LogP contribution in [0, 0.1) is 5.82 Å². The summed E-state index contributed by atoms with van der Waals surface area (Å²) in [6, 6.07) is 5.88. The first-order valence-corrected chi connectivity index (χ1v) is 8.39. The number of benzene rings is 1. The fraction of sp³-hybridized carbons (Fsp3) is 0.211. The second-order valence-corrected chi connectivity index (χ2v) is 6.90. The fourth-order valence-corrected chi connectivity index (χ4v) is 2.36. The maximum absolute atomic E-state index is 13.8. The van der Waals surface area contributed by atoms with Crippen molar-refractivity contribution in [2.24, 2.45) is 0 Å². The van der Waals surface area contributed by atoms with Gasteiger partial charge in [-0.15, -0.1) is 0 Å². The minimum absolute atomic E-state index is 0.0110. The number of nitrogens with one attached hydrogen (secondary N) is 2. The average Bonchev–Trinajstić information content (AvgIpc) is 2.60. The first kappa shape index (κ1) is 19.2. The van der Waals surface area contributed by atoms with Crippen molar-refractivity contribution >= 4 is 34.4 Å². The van der Waals surface area contributed by atoms with Crippen molar-refractivity contribution < 1.29 is 18.7 Å². The van der Waals surface area contributed by atoms with Crippen LogP contribution in [0.15, 0.2) is 42.9 Å². The number of ether oxygens (including phenoxy) is 1. The van der Waals surface area contributed by atoms with Crippen molar-refractivity contribution in [3.8, 4) is 0 Å². The summed E-state index contributed by atoms with van der Waals surface area (Å²) in [6.07, 6.45) is 3.28. The van der Waals surface area contributed by atoms with Crippen molar-refractivity contribution in [2.75, 3.05) is 10.6 Å². The second kappa shape index (κ2) is 7.55. The van der Waals surface area contributed by atoms with E-state index in [1.54, 1.807) is 39.1 Å². The number of anilines is 2. The molecule has 0 aliphatic rings. The first-order chi connectivity index (χ1) is 13.2. The number of pyridine rings is 1. The number of hydrogen-bond acceptors (Lipinski definition) is 6. The fourth-order valence-electron chi connectivity index (χ4n) is 2.36. The van der Waals surface area contributed by atoms with E-state index in [9.17, 15) is 14.0 Å². The molecule has 0 fully saturated rings. The number of aromatic nitrogens is 3.